The summed E-state index contributed by atoms with van der Waals surface area (Å²) < 4.78 is 0. The first-order chi connectivity index (χ1) is 5.29. The average Bonchev–Trinajstić information content (AvgIpc) is 1.73. The molecule has 0 bridgehead atoms. The molecule has 12 heavy (non-hydrogen) atoms. The molecule has 2 atom stereocenters. The second-order valence-corrected chi connectivity index (χ2v) is 3.60. The van der Waals surface area contributed by atoms with Gasteiger partial charge in [0.1, 0.15) is 0 Å². The molecule has 0 spiro atoms. The van der Waals surface area contributed by atoms with Crippen molar-refractivity contribution in [1.82, 2.24) is 5.32 Å². The van der Waals surface area contributed by atoms with Crippen molar-refractivity contribution in [2.75, 3.05) is 13.1 Å². The normalized spacial score (nSPS) is 34.3. The molecular weight excluding hydrogens is 178 g/mol. The molecule has 2 unspecified atom stereocenters. The highest BCUT2D eigenvalue weighted by molar-refractivity contribution is 5.85. The highest BCUT2D eigenvalue weighted by Crippen LogP contribution is 2.41. The molecule has 2 aliphatic rings. The van der Waals surface area contributed by atoms with Gasteiger partial charge in [0, 0.05) is 0 Å². The van der Waals surface area contributed by atoms with Crippen molar-refractivity contribution in [3.05, 3.63) is 0 Å². The van der Waals surface area contributed by atoms with Crippen LogP contribution in [0.5, 0.6) is 0 Å². The van der Waals surface area contributed by atoms with Gasteiger partial charge in [-0.2, -0.15) is 0 Å². The Morgan fingerprint density at radius 1 is 1.33 bits per heavy atom. The van der Waals surface area contributed by atoms with Crippen LogP contribution in [0.4, 0.5) is 0 Å². The summed E-state index contributed by atoms with van der Waals surface area (Å²) in [7, 11) is 0. The molecule has 0 amide bonds. The standard InChI is InChI=1S/C8H13NO2.ClH/c10-8(11)7-2-1-6(7)5-3-9-4-5;/h5-7,9H,1-4H2,(H,10,11);1H. The van der Waals surface area contributed by atoms with E-state index in [0.29, 0.717) is 11.8 Å². The number of hydrogen-bond donors (Lipinski definition) is 2. The van der Waals surface area contributed by atoms with Crippen molar-refractivity contribution in [2.24, 2.45) is 17.8 Å². The van der Waals surface area contributed by atoms with Gasteiger partial charge in [0.15, 0.2) is 0 Å². The smallest absolute Gasteiger partial charge is 0.306 e. The molecule has 1 saturated heterocycles. The zero-order chi connectivity index (χ0) is 7.84. The highest BCUT2D eigenvalue weighted by Gasteiger charge is 2.43. The van der Waals surface area contributed by atoms with Gasteiger partial charge >= 0.3 is 5.97 Å². The van der Waals surface area contributed by atoms with Crippen molar-refractivity contribution in [1.29, 1.82) is 0 Å². The van der Waals surface area contributed by atoms with Crippen LogP contribution in [0.25, 0.3) is 0 Å². The Labute approximate surface area is 77.9 Å². The maximum absolute atomic E-state index is 10.6. The van der Waals surface area contributed by atoms with Crippen molar-refractivity contribution in [3.63, 3.8) is 0 Å². The zero-order valence-electron chi connectivity index (χ0n) is 6.82. The Kier molecular flexibility index (Phi) is 2.96. The van der Waals surface area contributed by atoms with E-state index >= 15 is 0 Å². The predicted octanol–water partition coefficient (Wildman–Crippen LogP) is 0.738. The van der Waals surface area contributed by atoms with Gasteiger partial charge in [0.2, 0.25) is 0 Å². The summed E-state index contributed by atoms with van der Waals surface area (Å²) in [6, 6.07) is 0. The number of aliphatic carboxylic acids is 1. The summed E-state index contributed by atoms with van der Waals surface area (Å²) in [6.07, 6.45) is 2.03. The van der Waals surface area contributed by atoms with Crippen molar-refractivity contribution in [2.45, 2.75) is 12.8 Å². The molecule has 0 aromatic carbocycles. The summed E-state index contributed by atoms with van der Waals surface area (Å²) in [5.41, 5.74) is 0. The lowest BCUT2D eigenvalue weighted by atomic mass is 9.65. The van der Waals surface area contributed by atoms with E-state index in [1.165, 1.54) is 0 Å². The number of rotatable bonds is 2. The topological polar surface area (TPSA) is 49.3 Å². The van der Waals surface area contributed by atoms with Crippen LogP contribution in [-0.4, -0.2) is 24.2 Å². The Hall–Kier alpha value is -0.280. The minimum atomic E-state index is -0.590. The van der Waals surface area contributed by atoms with Crippen LogP contribution in [0.1, 0.15) is 12.8 Å². The van der Waals surface area contributed by atoms with E-state index in [1.54, 1.807) is 0 Å². The summed E-state index contributed by atoms with van der Waals surface area (Å²) in [5, 5.41) is 11.9. The van der Waals surface area contributed by atoms with Gasteiger partial charge in [-0.1, -0.05) is 0 Å². The van der Waals surface area contributed by atoms with Crippen LogP contribution in [0.3, 0.4) is 0 Å². The third kappa shape index (κ3) is 1.43. The van der Waals surface area contributed by atoms with Crippen LogP contribution in [0.2, 0.25) is 0 Å². The maximum Gasteiger partial charge on any atom is 0.306 e. The van der Waals surface area contributed by atoms with Crippen LogP contribution in [0.15, 0.2) is 0 Å². The molecule has 1 heterocycles. The molecule has 2 N–H and O–H groups in total. The van der Waals surface area contributed by atoms with Crippen LogP contribution in [0, 0.1) is 17.8 Å². The van der Waals surface area contributed by atoms with Gasteiger partial charge in [-0.25, -0.2) is 0 Å². The molecule has 0 radical (unpaired) electrons. The van der Waals surface area contributed by atoms with E-state index < -0.39 is 5.97 Å². The van der Waals surface area contributed by atoms with Gasteiger partial charge in [-0.05, 0) is 37.8 Å². The maximum atomic E-state index is 10.6. The highest BCUT2D eigenvalue weighted by atomic mass is 35.5. The first-order valence-corrected chi connectivity index (χ1v) is 4.22. The van der Waals surface area contributed by atoms with Crippen molar-refractivity contribution < 1.29 is 9.90 Å². The van der Waals surface area contributed by atoms with E-state index in [0.717, 1.165) is 25.9 Å². The fourth-order valence-electron chi connectivity index (χ4n) is 2.01. The molecule has 2 rings (SSSR count). The van der Waals surface area contributed by atoms with Gasteiger partial charge in [0.25, 0.3) is 0 Å². The first kappa shape index (κ1) is 9.81. The molecular formula is C8H14ClNO2. The third-order valence-corrected chi connectivity index (χ3v) is 3.06. The minimum absolute atomic E-state index is 0. The molecule has 1 saturated carbocycles. The summed E-state index contributed by atoms with van der Waals surface area (Å²) >= 11 is 0. The molecule has 3 nitrogen and oxygen atoms in total. The lowest BCUT2D eigenvalue weighted by molar-refractivity contribution is -0.150. The lowest BCUT2D eigenvalue weighted by Gasteiger charge is -2.44. The summed E-state index contributed by atoms with van der Waals surface area (Å²) in [5.74, 6) is 0.522. The fourth-order valence-corrected chi connectivity index (χ4v) is 2.01. The van der Waals surface area contributed by atoms with Crippen LogP contribution in [-0.2, 0) is 4.79 Å². The average molecular weight is 192 g/mol. The van der Waals surface area contributed by atoms with E-state index in [1.807, 2.05) is 0 Å². The first-order valence-electron chi connectivity index (χ1n) is 4.22. The molecule has 2 fully saturated rings. The lowest BCUT2D eigenvalue weighted by Crippen LogP contribution is -2.52. The largest absolute Gasteiger partial charge is 0.481 e. The molecule has 70 valence electrons. The zero-order valence-corrected chi connectivity index (χ0v) is 7.64. The monoisotopic (exact) mass is 191 g/mol. The summed E-state index contributed by atoms with van der Waals surface area (Å²) in [4.78, 5) is 10.6. The third-order valence-electron chi connectivity index (χ3n) is 3.06. The minimum Gasteiger partial charge on any atom is -0.481 e. The number of nitrogens with one attached hydrogen (secondary N) is 1. The van der Waals surface area contributed by atoms with Crippen LogP contribution < -0.4 is 5.32 Å². The van der Waals surface area contributed by atoms with E-state index in [-0.39, 0.29) is 18.3 Å². The van der Waals surface area contributed by atoms with E-state index in [9.17, 15) is 4.79 Å². The number of carboxylic acid groups (broad SMARTS) is 1. The van der Waals surface area contributed by atoms with Crippen molar-refractivity contribution >= 4 is 18.4 Å². The van der Waals surface area contributed by atoms with E-state index in [4.69, 9.17) is 5.11 Å². The van der Waals surface area contributed by atoms with E-state index in [2.05, 4.69) is 5.32 Å². The molecule has 0 aromatic rings. The molecule has 1 aliphatic heterocycles. The van der Waals surface area contributed by atoms with Gasteiger partial charge in [0.05, 0.1) is 5.92 Å². The Balaban J connectivity index is 0.000000720. The van der Waals surface area contributed by atoms with Gasteiger partial charge in [-0.3, -0.25) is 4.79 Å². The van der Waals surface area contributed by atoms with Crippen molar-refractivity contribution in [3.8, 4) is 0 Å². The number of carbonyl (C=O) groups is 1. The molecule has 4 heteroatoms. The molecule has 1 aliphatic carbocycles. The summed E-state index contributed by atoms with van der Waals surface area (Å²) in [6.45, 7) is 2.07. The number of halogens is 1. The molecule has 0 aromatic heterocycles. The Morgan fingerprint density at radius 2 is 2.00 bits per heavy atom. The number of hydrogen-bond acceptors (Lipinski definition) is 2. The fraction of sp³-hybridized carbons (Fsp3) is 0.875. The SMILES string of the molecule is Cl.O=C(O)C1CCC1C1CNC1. The van der Waals surface area contributed by atoms with Gasteiger partial charge < -0.3 is 10.4 Å². The second-order valence-electron chi connectivity index (χ2n) is 3.60. The van der Waals surface area contributed by atoms with Crippen LogP contribution >= 0.6 is 12.4 Å². The Morgan fingerprint density at radius 3 is 2.25 bits per heavy atom. The Bertz CT molecular complexity index is 182. The second kappa shape index (κ2) is 3.62. The number of carboxylic acids is 1. The quantitative estimate of drug-likeness (QED) is 0.677. The van der Waals surface area contributed by atoms with Gasteiger partial charge in [-0.15, -0.1) is 12.4 Å². The predicted molar refractivity (Wildman–Crippen MR) is 47.5 cm³/mol.